The average Bonchev–Trinajstić information content (AvgIpc) is 3.03. The van der Waals surface area contributed by atoms with E-state index in [1.807, 2.05) is 13.8 Å². The summed E-state index contributed by atoms with van der Waals surface area (Å²) >= 11 is 0. The maximum Gasteiger partial charge on any atom is 0.416 e. The molecule has 7 nitrogen and oxygen atoms in total. The van der Waals surface area contributed by atoms with E-state index in [2.05, 4.69) is 4.98 Å². The first-order valence-corrected chi connectivity index (χ1v) is 12.9. The van der Waals surface area contributed by atoms with Gasteiger partial charge in [0.05, 0.1) is 10.5 Å². The van der Waals surface area contributed by atoms with Gasteiger partial charge in [0.2, 0.25) is 9.84 Å². The Morgan fingerprint density at radius 2 is 1.78 bits per heavy atom. The van der Waals surface area contributed by atoms with Crippen molar-refractivity contribution in [3.05, 3.63) is 76.2 Å². The number of pyridine rings is 1. The van der Waals surface area contributed by atoms with Crippen molar-refractivity contribution in [1.82, 2.24) is 9.55 Å². The molecule has 2 heterocycles. The largest absolute Gasteiger partial charge is 0.480 e. The van der Waals surface area contributed by atoms with Crippen LogP contribution in [0.1, 0.15) is 58.7 Å². The van der Waals surface area contributed by atoms with E-state index < -0.39 is 27.5 Å². The van der Waals surface area contributed by atoms with Crippen LogP contribution in [0.2, 0.25) is 0 Å². The number of fused-ring (bicyclic) bond motifs is 1. The third-order valence-corrected chi connectivity index (χ3v) is 8.35. The molecule has 11 heteroatoms. The Morgan fingerprint density at radius 1 is 1.14 bits per heavy atom. The number of Topliss-reactive ketones (excluding diaryl/α,β-unsaturated/α-hetero) is 1. The minimum atomic E-state index is -4.61. The monoisotopic (exact) mass is 534 g/mol. The van der Waals surface area contributed by atoms with E-state index in [0.717, 1.165) is 12.1 Å². The van der Waals surface area contributed by atoms with E-state index in [4.69, 9.17) is 0 Å². The molecule has 0 saturated carbocycles. The Morgan fingerprint density at radius 3 is 2.38 bits per heavy atom. The maximum atomic E-state index is 13.4. The van der Waals surface area contributed by atoms with Crippen LogP contribution in [0.3, 0.4) is 0 Å². The number of sulfone groups is 1. The molecule has 0 bridgehead atoms. The molecule has 4 rings (SSSR count). The second kappa shape index (κ2) is 9.13. The van der Waals surface area contributed by atoms with E-state index in [-0.39, 0.29) is 46.1 Å². The van der Waals surface area contributed by atoms with E-state index in [1.54, 1.807) is 11.5 Å². The number of rotatable bonds is 6. The maximum absolute atomic E-state index is 13.4. The van der Waals surface area contributed by atoms with Gasteiger partial charge in [0.15, 0.2) is 10.8 Å². The predicted octanol–water partition coefficient (Wildman–Crippen LogP) is 4.87. The van der Waals surface area contributed by atoms with Crippen molar-refractivity contribution in [2.45, 2.75) is 62.7 Å². The molecule has 3 aromatic rings. The molecule has 0 unspecified atom stereocenters. The summed E-state index contributed by atoms with van der Waals surface area (Å²) in [7, 11) is -4.29. The molecular formula is C26H25F3N2O5S. The van der Waals surface area contributed by atoms with Gasteiger partial charge in [-0.2, -0.15) is 13.2 Å². The molecule has 1 aromatic carbocycles. The normalized spacial score (nSPS) is 15.5. The SMILES string of the molecule is Cc1c(Cc2cccnc2S(=O)(=O)c2ccc(C(F)(F)F)cc2)c2c(n1CC(=O)O)CC(C)(C)CC2=O. The zero-order valence-electron chi connectivity index (χ0n) is 20.4. The van der Waals surface area contributed by atoms with Crippen LogP contribution >= 0.6 is 0 Å². The van der Waals surface area contributed by atoms with Gasteiger partial charge < -0.3 is 9.67 Å². The highest BCUT2D eigenvalue weighted by atomic mass is 32.2. The second-order valence-electron chi connectivity index (χ2n) is 9.98. The molecule has 1 aliphatic carbocycles. The number of hydrogen-bond acceptors (Lipinski definition) is 5. The summed E-state index contributed by atoms with van der Waals surface area (Å²) < 4.78 is 67.2. The van der Waals surface area contributed by atoms with Gasteiger partial charge in [0, 0.05) is 36.0 Å². The number of aromatic nitrogens is 2. The molecule has 0 radical (unpaired) electrons. The number of halogens is 3. The number of nitrogens with zero attached hydrogens (tertiary/aromatic N) is 2. The van der Waals surface area contributed by atoms with E-state index in [9.17, 15) is 36.3 Å². The van der Waals surface area contributed by atoms with Crippen LogP contribution in [0.15, 0.2) is 52.5 Å². The van der Waals surface area contributed by atoms with Crippen LogP contribution in [0.4, 0.5) is 13.2 Å². The molecule has 0 spiro atoms. The summed E-state index contributed by atoms with van der Waals surface area (Å²) in [6.45, 7) is 5.20. The number of carboxylic acids is 1. The number of benzene rings is 1. The number of carbonyl (C=O) groups is 2. The number of carbonyl (C=O) groups excluding carboxylic acids is 1. The van der Waals surface area contributed by atoms with Crippen LogP contribution in [-0.2, 0) is 40.2 Å². The van der Waals surface area contributed by atoms with Gasteiger partial charge in [0.1, 0.15) is 6.54 Å². The molecule has 1 aliphatic rings. The van der Waals surface area contributed by atoms with Gasteiger partial charge in [-0.3, -0.25) is 9.59 Å². The number of carboxylic acid groups (broad SMARTS) is 1. The lowest BCUT2D eigenvalue weighted by atomic mass is 9.75. The number of ketones is 1. The summed E-state index contributed by atoms with van der Waals surface area (Å²) in [6, 6.07) is 6.23. The fourth-order valence-corrected chi connectivity index (χ4v) is 6.30. The van der Waals surface area contributed by atoms with Gasteiger partial charge in [-0.1, -0.05) is 19.9 Å². The van der Waals surface area contributed by atoms with E-state index >= 15 is 0 Å². The average molecular weight is 535 g/mol. The first-order valence-electron chi connectivity index (χ1n) is 11.4. The third-order valence-electron chi connectivity index (χ3n) is 6.58. The van der Waals surface area contributed by atoms with Gasteiger partial charge in [0.25, 0.3) is 0 Å². The van der Waals surface area contributed by atoms with Gasteiger partial charge >= 0.3 is 12.1 Å². The van der Waals surface area contributed by atoms with Crippen molar-refractivity contribution >= 4 is 21.6 Å². The Bertz CT molecular complexity index is 1500. The molecule has 0 atom stereocenters. The molecular weight excluding hydrogens is 509 g/mol. The van der Waals surface area contributed by atoms with Crippen molar-refractivity contribution < 1.29 is 36.3 Å². The zero-order valence-corrected chi connectivity index (χ0v) is 21.2. The van der Waals surface area contributed by atoms with Crippen LogP contribution in [0.5, 0.6) is 0 Å². The molecule has 0 aliphatic heterocycles. The third kappa shape index (κ3) is 5.04. The number of alkyl halides is 3. The molecule has 1 N–H and O–H groups in total. The van der Waals surface area contributed by atoms with Gasteiger partial charge in [-0.05, 0) is 60.2 Å². The first kappa shape index (κ1) is 26.6. The Balaban J connectivity index is 1.82. The molecule has 37 heavy (non-hydrogen) atoms. The summed E-state index contributed by atoms with van der Waals surface area (Å²) in [6.07, 6.45) is -2.62. The van der Waals surface area contributed by atoms with Crippen molar-refractivity contribution in [2.24, 2.45) is 5.41 Å². The van der Waals surface area contributed by atoms with Crippen molar-refractivity contribution in [3.63, 3.8) is 0 Å². The number of aliphatic carboxylic acids is 1. The Labute approximate surface area is 211 Å². The van der Waals surface area contributed by atoms with Crippen molar-refractivity contribution in [3.8, 4) is 0 Å². The number of hydrogen-bond donors (Lipinski definition) is 1. The molecule has 0 amide bonds. The second-order valence-corrected chi connectivity index (χ2v) is 11.8. The van der Waals surface area contributed by atoms with Crippen molar-refractivity contribution in [1.29, 1.82) is 0 Å². The summed E-state index contributed by atoms with van der Waals surface area (Å²) in [5.41, 5.74) is 0.976. The van der Waals surface area contributed by atoms with Gasteiger partial charge in [-0.25, -0.2) is 13.4 Å². The standard InChI is InChI=1S/C26H25F3N2O5S/c1-15-19(23-20(31(15)14-22(33)34)12-25(2,3)13-21(23)32)11-16-5-4-10-30-24(16)37(35,36)18-8-6-17(7-9-18)26(27,28)29/h4-10H,11-14H2,1-3H3,(H,33,34). The van der Waals surface area contributed by atoms with Gasteiger partial charge in [-0.15, -0.1) is 0 Å². The highest BCUT2D eigenvalue weighted by molar-refractivity contribution is 7.91. The van der Waals surface area contributed by atoms with E-state index in [1.165, 1.54) is 18.3 Å². The van der Waals surface area contributed by atoms with Crippen LogP contribution in [0, 0.1) is 12.3 Å². The van der Waals surface area contributed by atoms with Crippen molar-refractivity contribution in [2.75, 3.05) is 0 Å². The molecule has 0 fully saturated rings. The summed E-state index contributed by atoms with van der Waals surface area (Å²) in [5.74, 6) is -1.22. The van der Waals surface area contributed by atoms with Crippen LogP contribution < -0.4 is 0 Å². The smallest absolute Gasteiger partial charge is 0.416 e. The fraction of sp³-hybridized carbons (Fsp3) is 0.346. The zero-order chi connectivity index (χ0) is 27.3. The van der Waals surface area contributed by atoms with Crippen LogP contribution in [-0.4, -0.2) is 34.8 Å². The first-order chi connectivity index (χ1) is 17.1. The molecule has 0 saturated heterocycles. The minimum absolute atomic E-state index is 0.0179. The highest BCUT2D eigenvalue weighted by Gasteiger charge is 2.37. The topological polar surface area (TPSA) is 106 Å². The Kier molecular flexibility index (Phi) is 6.56. The quantitative estimate of drug-likeness (QED) is 0.484. The lowest BCUT2D eigenvalue weighted by Gasteiger charge is -2.30. The molecule has 2 aromatic heterocycles. The molecule has 196 valence electrons. The fourth-order valence-electron chi connectivity index (χ4n) is 4.90. The predicted molar refractivity (Wildman–Crippen MR) is 127 cm³/mol. The lowest BCUT2D eigenvalue weighted by Crippen LogP contribution is -2.29. The van der Waals surface area contributed by atoms with Crippen LogP contribution in [0.25, 0.3) is 0 Å². The highest BCUT2D eigenvalue weighted by Crippen LogP contribution is 2.40. The Hall–Kier alpha value is -3.47. The summed E-state index contributed by atoms with van der Waals surface area (Å²) in [4.78, 5) is 28.5. The lowest BCUT2D eigenvalue weighted by molar-refractivity contribution is -0.138. The minimum Gasteiger partial charge on any atom is -0.480 e. The summed E-state index contributed by atoms with van der Waals surface area (Å²) in [5, 5.41) is 9.13. The van der Waals surface area contributed by atoms with E-state index in [0.29, 0.717) is 41.1 Å².